The molecular formula is C16H13N3O2. The van der Waals surface area contributed by atoms with Gasteiger partial charge in [0.05, 0.1) is 11.3 Å². The number of nitrogens with two attached hydrogens (primary N) is 1. The normalized spacial score (nSPS) is 11.8. The van der Waals surface area contributed by atoms with Gasteiger partial charge in [-0.25, -0.2) is 14.8 Å². The molecule has 21 heavy (non-hydrogen) atoms. The maximum Gasteiger partial charge on any atom is 0.345 e. The second kappa shape index (κ2) is 5.20. The largest absolute Gasteiger partial charge is 0.422 e. The number of aliphatic imine (C=N–C) groups is 1. The third-order valence-corrected chi connectivity index (χ3v) is 3.07. The molecule has 0 aliphatic rings. The molecule has 0 saturated heterocycles. The number of aromatic nitrogens is 1. The highest BCUT2D eigenvalue weighted by atomic mass is 16.4. The topological polar surface area (TPSA) is 81.5 Å². The summed E-state index contributed by atoms with van der Waals surface area (Å²) < 4.78 is 5.29. The fourth-order valence-electron chi connectivity index (χ4n) is 2.05. The molecule has 5 nitrogen and oxygen atoms in total. The van der Waals surface area contributed by atoms with Gasteiger partial charge in [0.2, 0.25) is 0 Å². The first-order chi connectivity index (χ1) is 10.1. The Bertz CT molecular complexity index is 897. The van der Waals surface area contributed by atoms with E-state index in [4.69, 9.17) is 10.2 Å². The number of nitrogen functional groups attached to an aromatic ring is 1. The van der Waals surface area contributed by atoms with Crippen LogP contribution in [0.4, 0.5) is 11.6 Å². The van der Waals surface area contributed by atoms with E-state index in [1.807, 2.05) is 18.2 Å². The lowest BCUT2D eigenvalue weighted by Gasteiger charge is -2.02. The smallest absolute Gasteiger partial charge is 0.345 e. The molecule has 0 fully saturated rings. The summed E-state index contributed by atoms with van der Waals surface area (Å²) >= 11 is 0. The van der Waals surface area contributed by atoms with Crippen molar-refractivity contribution >= 4 is 28.3 Å². The molecule has 0 radical (unpaired) electrons. The number of hydrogen-bond donors (Lipinski definition) is 1. The minimum Gasteiger partial charge on any atom is -0.422 e. The van der Waals surface area contributed by atoms with Gasteiger partial charge in [-0.05, 0) is 31.2 Å². The van der Waals surface area contributed by atoms with Crippen molar-refractivity contribution < 1.29 is 4.42 Å². The van der Waals surface area contributed by atoms with Crippen molar-refractivity contribution in [2.24, 2.45) is 4.99 Å². The van der Waals surface area contributed by atoms with E-state index in [1.165, 1.54) is 0 Å². The minimum atomic E-state index is -0.418. The zero-order chi connectivity index (χ0) is 14.8. The maximum absolute atomic E-state index is 12.0. The summed E-state index contributed by atoms with van der Waals surface area (Å²) in [4.78, 5) is 20.5. The summed E-state index contributed by atoms with van der Waals surface area (Å²) in [5.41, 5.74) is 6.71. The monoisotopic (exact) mass is 279 g/mol. The number of anilines is 1. The number of pyridine rings is 1. The van der Waals surface area contributed by atoms with Crippen LogP contribution in [0.25, 0.3) is 11.0 Å². The summed E-state index contributed by atoms with van der Waals surface area (Å²) in [5, 5.41) is 0.849. The predicted molar refractivity (Wildman–Crippen MR) is 83.0 cm³/mol. The van der Waals surface area contributed by atoms with Crippen molar-refractivity contribution in [1.82, 2.24) is 4.98 Å². The molecule has 1 aromatic carbocycles. The third kappa shape index (κ3) is 2.67. The highest BCUT2D eigenvalue weighted by molar-refractivity contribution is 6.01. The lowest BCUT2D eigenvalue weighted by molar-refractivity contribution is 0.559. The summed E-state index contributed by atoms with van der Waals surface area (Å²) in [6.45, 7) is 1.74. The molecule has 0 atom stereocenters. The van der Waals surface area contributed by atoms with Crippen LogP contribution >= 0.6 is 0 Å². The zero-order valence-electron chi connectivity index (χ0n) is 11.4. The number of fused-ring (bicyclic) bond motifs is 1. The van der Waals surface area contributed by atoms with E-state index >= 15 is 0 Å². The van der Waals surface area contributed by atoms with Gasteiger partial charge in [-0.1, -0.05) is 24.3 Å². The molecule has 3 aromatic rings. The van der Waals surface area contributed by atoms with Crippen molar-refractivity contribution in [3.63, 3.8) is 0 Å². The highest BCUT2D eigenvalue weighted by Gasteiger charge is 2.08. The van der Waals surface area contributed by atoms with Gasteiger partial charge >= 0.3 is 5.63 Å². The molecule has 104 valence electrons. The molecular weight excluding hydrogens is 266 g/mol. The van der Waals surface area contributed by atoms with Crippen LogP contribution in [-0.4, -0.2) is 10.7 Å². The molecule has 2 heterocycles. The Morgan fingerprint density at radius 1 is 1.19 bits per heavy atom. The zero-order valence-corrected chi connectivity index (χ0v) is 11.4. The SMILES string of the molecule is C/C(=N\c1cccc(N)n1)c1cc2ccccc2oc1=O. The predicted octanol–water partition coefficient (Wildman–Crippen LogP) is 2.91. The van der Waals surface area contributed by atoms with E-state index in [9.17, 15) is 4.79 Å². The summed E-state index contributed by atoms with van der Waals surface area (Å²) in [7, 11) is 0. The highest BCUT2D eigenvalue weighted by Crippen LogP contribution is 2.15. The van der Waals surface area contributed by atoms with Gasteiger partial charge in [-0.3, -0.25) is 0 Å². The molecule has 5 heteroatoms. The van der Waals surface area contributed by atoms with E-state index < -0.39 is 5.63 Å². The Kier molecular flexibility index (Phi) is 3.23. The lowest BCUT2D eigenvalue weighted by atomic mass is 10.1. The fourth-order valence-corrected chi connectivity index (χ4v) is 2.05. The number of nitrogens with zero attached hydrogens (tertiary/aromatic N) is 2. The van der Waals surface area contributed by atoms with Crippen molar-refractivity contribution in [3.8, 4) is 0 Å². The molecule has 0 amide bonds. The number of hydrogen-bond acceptors (Lipinski definition) is 5. The quantitative estimate of drug-likeness (QED) is 0.577. The Balaban J connectivity index is 2.11. The van der Waals surface area contributed by atoms with Crippen LogP contribution in [0.5, 0.6) is 0 Å². The summed E-state index contributed by atoms with van der Waals surface area (Å²) in [5.74, 6) is 0.842. The van der Waals surface area contributed by atoms with Crippen molar-refractivity contribution in [3.05, 3.63) is 64.5 Å². The Morgan fingerprint density at radius 2 is 2.00 bits per heavy atom. The van der Waals surface area contributed by atoms with Crippen LogP contribution in [0.3, 0.4) is 0 Å². The first-order valence-electron chi connectivity index (χ1n) is 6.44. The van der Waals surface area contributed by atoms with Crippen LogP contribution in [0, 0.1) is 0 Å². The molecule has 0 aliphatic heterocycles. The van der Waals surface area contributed by atoms with Crippen molar-refractivity contribution in [1.29, 1.82) is 0 Å². The van der Waals surface area contributed by atoms with E-state index in [1.54, 1.807) is 37.3 Å². The molecule has 2 N–H and O–H groups in total. The second-order valence-electron chi connectivity index (χ2n) is 4.60. The second-order valence-corrected chi connectivity index (χ2v) is 4.60. The van der Waals surface area contributed by atoms with Gasteiger partial charge in [0.15, 0.2) is 5.82 Å². The number of benzene rings is 1. The van der Waals surface area contributed by atoms with Crippen LogP contribution in [-0.2, 0) is 0 Å². The number of para-hydroxylation sites is 1. The summed E-state index contributed by atoms with van der Waals surface area (Å²) in [6.07, 6.45) is 0. The molecule has 0 spiro atoms. The molecule has 0 bridgehead atoms. The lowest BCUT2D eigenvalue weighted by Crippen LogP contribution is -2.11. The van der Waals surface area contributed by atoms with Crippen LogP contribution in [0.2, 0.25) is 0 Å². The molecule has 2 aromatic heterocycles. The van der Waals surface area contributed by atoms with Crippen LogP contribution < -0.4 is 11.4 Å². The first-order valence-corrected chi connectivity index (χ1v) is 6.44. The minimum absolute atomic E-state index is 0.384. The first kappa shape index (κ1) is 13.1. The van der Waals surface area contributed by atoms with Crippen molar-refractivity contribution in [2.75, 3.05) is 5.73 Å². The van der Waals surface area contributed by atoms with E-state index in [2.05, 4.69) is 9.98 Å². The Labute approximate surface area is 120 Å². The van der Waals surface area contributed by atoms with Gasteiger partial charge in [-0.2, -0.15) is 0 Å². The van der Waals surface area contributed by atoms with Gasteiger partial charge in [0.1, 0.15) is 11.4 Å². The van der Waals surface area contributed by atoms with E-state index in [-0.39, 0.29) is 0 Å². The van der Waals surface area contributed by atoms with E-state index in [0.29, 0.717) is 28.5 Å². The van der Waals surface area contributed by atoms with Gasteiger partial charge in [0.25, 0.3) is 0 Å². The van der Waals surface area contributed by atoms with Gasteiger partial charge in [-0.15, -0.1) is 0 Å². The molecule has 0 saturated carbocycles. The fraction of sp³-hybridized carbons (Fsp3) is 0.0625. The average molecular weight is 279 g/mol. The van der Waals surface area contributed by atoms with E-state index in [0.717, 1.165) is 5.39 Å². The molecule has 3 rings (SSSR count). The van der Waals surface area contributed by atoms with Crippen LogP contribution in [0.15, 0.2) is 62.7 Å². The third-order valence-electron chi connectivity index (χ3n) is 3.07. The molecule has 0 unspecified atom stereocenters. The summed E-state index contributed by atoms with van der Waals surface area (Å²) in [6, 6.07) is 14.3. The van der Waals surface area contributed by atoms with Gasteiger partial charge in [0, 0.05) is 5.39 Å². The molecule has 0 aliphatic carbocycles. The van der Waals surface area contributed by atoms with Crippen molar-refractivity contribution in [2.45, 2.75) is 6.92 Å². The standard InChI is InChI=1S/C16H13N3O2/c1-10(18-15-8-4-7-14(17)19-15)12-9-11-5-2-3-6-13(11)21-16(12)20/h2-9H,1H3,(H2,17,19)/b18-10+. The number of rotatable bonds is 2. The average Bonchev–Trinajstić information content (AvgIpc) is 2.46. The Hall–Kier alpha value is -2.95. The van der Waals surface area contributed by atoms with Crippen LogP contribution in [0.1, 0.15) is 12.5 Å². The Morgan fingerprint density at radius 3 is 2.81 bits per heavy atom. The maximum atomic E-state index is 12.0. The van der Waals surface area contributed by atoms with Gasteiger partial charge < -0.3 is 10.2 Å².